The van der Waals surface area contributed by atoms with Gasteiger partial charge in [-0.15, -0.1) is 0 Å². The van der Waals surface area contributed by atoms with Crippen molar-refractivity contribution in [2.24, 2.45) is 0 Å². The van der Waals surface area contributed by atoms with Crippen molar-refractivity contribution < 1.29 is 4.52 Å². The van der Waals surface area contributed by atoms with Crippen molar-refractivity contribution in [3.63, 3.8) is 0 Å². The highest BCUT2D eigenvalue weighted by Gasteiger charge is 2.38. The van der Waals surface area contributed by atoms with E-state index >= 15 is 0 Å². The molecule has 0 fully saturated rings. The minimum atomic E-state index is -2.37. The van der Waals surface area contributed by atoms with E-state index in [1.807, 2.05) is 18.2 Å². The van der Waals surface area contributed by atoms with Crippen LogP contribution in [0.1, 0.15) is 20.8 Å². The van der Waals surface area contributed by atoms with Gasteiger partial charge in [-0.1, -0.05) is 42.6 Å². The lowest BCUT2D eigenvalue weighted by Crippen LogP contribution is -2.51. The van der Waals surface area contributed by atoms with E-state index in [2.05, 4.69) is 45.0 Å². The molecule has 0 saturated carbocycles. The average molecular weight is 364 g/mol. The maximum atomic E-state index is 6.20. The lowest BCUT2D eigenvalue weighted by atomic mass is 10.0. The number of para-hydroxylation sites is 1. The first-order chi connectivity index (χ1) is 11.0. The molecule has 0 amide bonds. The number of fused-ring (bicyclic) bond motifs is 3. The summed E-state index contributed by atoms with van der Waals surface area (Å²) in [5.74, 6) is 0.859. The first kappa shape index (κ1) is 17.0. The second-order valence-electron chi connectivity index (χ2n) is 5.88. The molecule has 2 nitrogen and oxygen atoms in total. The standard InChI is InChI=1S/C18H22NOPS2/c1-4-19(5-2,6-3)16-12-9-11-15-14-10-7-8-13-17(14)20-21(22,23)18(15)16/h7-13H,4-6H2,1-3H3/p+1. The lowest BCUT2D eigenvalue weighted by molar-refractivity contribution is 0.317. The van der Waals surface area contributed by atoms with Crippen LogP contribution in [-0.4, -0.2) is 19.6 Å². The highest BCUT2D eigenvalue weighted by molar-refractivity contribution is 8.64. The van der Waals surface area contributed by atoms with E-state index in [1.165, 1.54) is 11.3 Å². The monoisotopic (exact) mass is 364 g/mol. The normalized spacial score (nSPS) is 19.7. The van der Waals surface area contributed by atoms with Crippen molar-refractivity contribution in [1.82, 2.24) is 4.48 Å². The molecular weight excluding hydrogens is 341 g/mol. The third-order valence-corrected chi connectivity index (χ3v) is 8.12. The Bertz CT molecular complexity index is 778. The highest BCUT2D eigenvalue weighted by atomic mass is 32.9. The van der Waals surface area contributed by atoms with E-state index in [0.717, 1.165) is 40.7 Å². The van der Waals surface area contributed by atoms with Crippen LogP contribution < -0.4 is 14.3 Å². The van der Waals surface area contributed by atoms with Gasteiger partial charge in [-0.2, -0.15) is 0 Å². The molecule has 1 aliphatic rings. The molecule has 0 radical (unpaired) electrons. The summed E-state index contributed by atoms with van der Waals surface area (Å²) >= 11 is 10.7. The summed E-state index contributed by atoms with van der Waals surface area (Å²) < 4.78 is 7.11. The number of rotatable bonds is 4. The molecule has 1 heterocycles. The van der Waals surface area contributed by atoms with Crippen molar-refractivity contribution in [2.45, 2.75) is 20.8 Å². The van der Waals surface area contributed by atoms with Crippen molar-refractivity contribution in [3.05, 3.63) is 42.5 Å². The summed E-state index contributed by atoms with van der Waals surface area (Å²) in [6.07, 6.45) is 0. The lowest BCUT2D eigenvalue weighted by Gasteiger charge is -2.39. The molecule has 0 aromatic heterocycles. The van der Waals surface area contributed by atoms with Gasteiger partial charge in [0.2, 0.25) is 0 Å². The van der Waals surface area contributed by atoms with Crippen LogP contribution in [0.5, 0.6) is 5.75 Å². The SMILES string of the molecule is CC[N+](CC)(CC)c1cccc2c1P(=S)(S)Oc1ccccc1-2. The number of benzene rings is 2. The van der Waals surface area contributed by atoms with Gasteiger partial charge in [0.25, 0.3) is 0 Å². The molecule has 0 aliphatic carbocycles. The smallest absolute Gasteiger partial charge is 0.200 e. The zero-order chi connectivity index (χ0) is 16.7. The topological polar surface area (TPSA) is 9.23 Å². The molecule has 2 aromatic carbocycles. The fourth-order valence-corrected chi connectivity index (χ4v) is 6.86. The van der Waals surface area contributed by atoms with Gasteiger partial charge >= 0.3 is 0 Å². The Kier molecular flexibility index (Phi) is 4.63. The van der Waals surface area contributed by atoms with Gasteiger partial charge in [-0.3, -0.25) is 4.48 Å². The van der Waals surface area contributed by atoms with E-state index in [-0.39, 0.29) is 0 Å². The Hall–Kier alpha value is -0.800. The molecule has 0 N–H and O–H groups in total. The summed E-state index contributed by atoms with van der Waals surface area (Å²) in [4.78, 5) is 0. The van der Waals surface area contributed by atoms with Crippen LogP contribution in [0, 0.1) is 0 Å². The summed E-state index contributed by atoms with van der Waals surface area (Å²) in [6.45, 7) is 9.83. The van der Waals surface area contributed by atoms with E-state index in [0.29, 0.717) is 0 Å². The van der Waals surface area contributed by atoms with Crippen LogP contribution >= 0.6 is 17.7 Å². The summed E-state index contributed by atoms with van der Waals surface area (Å²) in [5, 5.41) is 1.14. The van der Waals surface area contributed by atoms with E-state index < -0.39 is 5.47 Å². The number of hydrogen-bond acceptors (Lipinski definition) is 2. The zero-order valence-electron chi connectivity index (χ0n) is 13.8. The van der Waals surface area contributed by atoms with Gasteiger partial charge in [0.1, 0.15) is 11.4 Å². The van der Waals surface area contributed by atoms with E-state index in [1.54, 1.807) is 0 Å². The molecule has 1 aliphatic heterocycles. The molecule has 3 rings (SSSR count). The van der Waals surface area contributed by atoms with Gasteiger partial charge in [0, 0.05) is 17.2 Å². The molecular formula is C18H23NOPS2+. The van der Waals surface area contributed by atoms with Crippen molar-refractivity contribution in [1.29, 1.82) is 0 Å². The summed E-state index contributed by atoms with van der Waals surface area (Å²) in [7, 11) is 0. The highest BCUT2D eigenvalue weighted by Crippen LogP contribution is 2.60. The fourth-order valence-electron chi connectivity index (χ4n) is 3.56. The Morgan fingerprint density at radius 1 is 0.957 bits per heavy atom. The zero-order valence-corrected chi connectivity index (χ0v) is 16.4. The molecule has 0 saturated heterocycles. The number of hydrogen-bond donors (Lipinski definition) is 1. The van der Waals surface area contributed by atoms with Crippen molar-refractivity contribution in [3.8, 4) is 16.9 Å². The molecule has 23 heavy (non-hydrogen) atoms. The van der Waals surface area contributed by atoms with Crippen molar-refractivity contribution >= 4 is 40.5 Å². The van der Waals surface area contributed by atoms with Crippen molar-refractivity contribution in [2.75, 3.05) is 19.6 Å². The number of thiol groups is 1. The minimum Gasteiger partial charge on any atom is -0.452 e. The summed E-state index contributed by atoms with van der Waals surface area (Å²) in [6, 6.07) is 14.7. The Labute approximate surface area is 149 Å². The fraction of sp³-hybridized carbons (Fsp3) is 0.333. The predicted molar refractivity (Wildman–Crippen MR) is 109 cm³/mol. The Morgan fingerprint density at radius 2 is 1.57 bits per heavy atom. The third kappa shape index (κ3) is 2.66. The molecule has 5 heteroatoms. The Balaban J connectivity index is 2.36. The molecule has 2 aromatic rings. The van der Waals surface area contributed by atoms with Crippen LogP contribution in [0.4, 0.5) is 5.69 Å². The molecule has 122 valence electrons. The van der Waals surface area contributed by atoms with Gasteiger partial charge < -0.3 is 4.52 Å². The van der Waals surface area contributed by atoms with Gasteiger partial charge in [0.05, 0.1) is 24.9 Å². The van der Waals surface area contributed by atoms with Crippen LogP contribution in [0.2, 0.25) is 0 Å². The van der Waals surface area contributed by atoms with E-state index in [4.69, 9.17) is 28.6 Å². The summed E-state index contributed by atoms with van der Waals surface area (Å²) in [5.41, 5.74) is 1.23. The van der Waals surface area contributed by atoms with Crippen LogP contribution in [0.15, 0.2) is 42.5 Å². The first-order valence-corrected chi connectivity index (χ1v) is 12.0. The van der Waals surface area contributed by atoms with Gasteiger partial charge in [-0.05, 0) is 38.6 Å². The first-order valence-electron chi connectivity index (χ1n) is 8.11. The second kappa shape index (κ2) is 6.25. The van der Waals surface area contributed by atoms with Crippen LogP contribution in [0.25, 0.3) is 11.1 Å². The van der Waals surface area contributed by atoms with Gasteiger partial charge in [-0.25, -0.2) is 0 Å². The maximum Gasteiger partial charge on any atom is 0.200 e. The second-order valence-corrected chi connectivity index (χ2v) is 11.6. The molecule has 0 spiro atoms. The van der Waals surface area contributed by atoms with Crippen LogP contribution in [-0.2, 0) is 11.8 Å². The maximum absolute atomic E-state index is 6.20. The van der Waals surface area contributed by atoms with E-state index in [9.17, 15) is 0 Å². The number of quaternary nitrogens is 1. The average Bonchev–Trinajstić information content (AvgIpc) is 2.56. The number of nitrogens with zero attached hydrogens (tertiary/aromatic N) is 1. The quantitative estimate of drug-likeness (QED) is 0.466. The molecule has 0 bridgehead atoms. The predicted octanol–water partition coefficient (Wildman–Crippen LogP) is 4.98. The van der Waals surface area contributed by atoms with Gasteiger partial charge in [0.15, 0.2) is 5.47 Å². The molecule has 1 atom stereocenters. The Morgan fingerprint density at radius 3 is 2.22 bits per heavy atom. The third-order valence-electron chi connectivity index (χ3n) is 5.02. The molecule has 1 unspecified atom stereocenters. The van der Waals surface area contributed by atoms with Crippen LogP contribution in [0.3, 0.4) is 0 Å². The minimum absolute atomic E-state index is 0.859. The largest absolute Gasteiger partial charge is 0.452 e.